The first-order valence-electron chi connectivity index (χ1n) is 4.83. The lowest BCUT2D eigenvalue weighted by Crippen LogP contribution is -2.06. The van der Waals surface area contributed by atoms with Crippen LogP contribution in [0.3, 0.4) is 0 Å². The molecular weight excluding hydrogens is 172 g/mol. The molecule has 2 heterocycles. The van der Waals surface area contributed by atoms with Crippen LogP contribution in [0.4, 0.5) is 0 Å². The van der Waals surface area contributed by atoms with Crippen LogP contribution < -0.4 is 0 Å². The van der Waals surface area contributed by atoms with Crippen molar-refractivity contribution in [1.82, 2.24) is 9.97 Å². The molecule has 14 heavy (non-hydrogen) atoms. The summed E-state index contributed by atoms with van der Waals surface area (Å²) in [6.45, 7) is 0. The van der Waals surface area contributed by atoms with Crippen LogP contribution in [0.2, 0.25) is 0 Å². The van der Waals surface area contributed by atoms with Crippen molar-refractivity contribution in [2.24, 2.45) is 0 Å². The van der Waals surface area contributed by atoms with E-state index in [0.29, 0.717) is 0 Å². The van der Waals surface area contributed by atoms with Crippen molar-refractivity contribution in [3.63, 3.8) is 0 Å². The highest BCUT2D eigenvalue weighted by Crippen LogP contribution is 2.30. The molecule has 0 bridgehead atoms. The van der Waals surface area contributed by atoms with Crippen LogP contribution in [0.1, 0.15) is 11.4 Å². The predicted octanol–water partition coefficient (Wildman–Crippen LogP) is 2.24. The molecule has 3 rings (SSSR count). The van der Waals surface area contributed by atoms with E-state index in [1.165, 1.54) is 22.5 Å². The minimum atomic E-state index is 1.01. The number of aryl methyl sites for hydroxylation is 2. The first-order chi connectivity index (χ1) is 6.95. The second-order valence-corrected chi connectivity index (χ2v) is 3.50. The molecule has 0 N–H and O–H groups in total. The third-order valence-corrected chi connectivity index (χ3v) is 2.67. The highest BCUT2D eigenvalue weighted by Gasteiger charge is 2.16. The number of hydrogen-bond acceptors (Lipinski definition) is 2. The lowest BCUT2D eigenvalue weighted by Gasteiger charge is -2.16. The largest absolute Gasteiger partial charge is 0.261 e. The highest BCUT2D eigenvalue weighted by atomic mass is 14.7. The summed E-state index contributed by atoms with van der Waals surface area (Å²) in [5, 5.41) is 0. The Labute approximate surface area is 82.7 Å². The monoisotopic (exact) mass is 182 g/mol. The molecule has 1 aliphatic carbocycles. The van der Waals surface area contributed by atoms with Gasteiger partial charge in [-0.25, -0.2) is 0 Å². The maximum absolute atomic E-state index is 4.39. The molecule has 0 unspecified atom stereocenters. The Bertz CT molecular complexity index is 432. The van der Waals surface area contributed by atoms with Gasteiger partial charge < -0.3 is 0 Å². The van der Waals surface area contributed by atoms with Crippen LogP contribution in [-0.2, 0) is 12.8 Å². The Morgan fingerprint density at radius 1 is 0.786 bits per heavy atom. The quantitative estimate of drug-likeness (QED) is 0.624. The van der Waals surface area contributed by atoms with Crippen molar-refractivity contribution >= 4 is 0 Å². The summed E-state index contributed by atoms with van der Waals surface area (Å²) < 4.78 is 0. The summed E-state index contributed by atoms with van der Waals surface area (Å²) in [6.07, 6.45) is 5.75. The lowest BCUT2D eigenvalue weighted by molar-refractivity contribution is 0.862. The number of rotatable bonds is 0. The maximum Gasteiger partial charge on any atom is 0.0486 e. The molecule has 2 aromatic rings. The number of pyridine rings is 2. The fourth-order valence-corrected chi connectivity index (χ4v) is 2.00. The second-order valence-electron chi connectivity index (χ2n) is 3.50. The summed E-state index contributed by atoms with van der Waals surface area (Å²) in [6, 6.07) is 8.23. The van der Waals surface area contributed by atoms with Gasteiger partial charge >= 0.3 is 0 Å². The molecule has 0 amide bonds. The molecule has 0 atom stereocenters. The van der Waals surface area contributed by atoms with E-state index in [-0.39, 0.29) is 0 Å². The summed E-state index contributed by atoms with van der Waals surface area (Å²) >= 11 is 0. The van der Waals surface area contributed by atoms with E-state index in [4.69, 9.17) is 0 Å². The van der Waals surface area contributed by atoms with E-state index in [1.807, 2.05) is 24.5 Å². The Kier molecular flexibility index (Phi) is 1.60. The van der Waals surface area contributed by atoms with Crippen molar-refractivity contribution in [1.29, 1.82) is 0 Å². The van der Waals surface area contributed by atoms with Gasteiger partial charge in [-0.3, -0.25) is 9.97 Å². The van der Waals surface area contributed by atoms with Crippen LogP contribution in [0.5, 0.6) is 0 Å². The zero-order valence-electron chi connectivity index (χ0n) is 7.77. The molecule has 2 aromatic heterocycles. The van der Waals surface area contributed by atoms with Gasteiger partial charge in [-0.05, 0) is 25.0 Å². The van der Waals surface area contributed by atoms with E-state index in [0.717, 1.165) is 12.8 Å². The number of fused-ring (bicyclic) bond motifs is 3. The average molecular weight is 182 g/mol. The standard InChI is InChI=1S/C12H10N2/c1-3-9-10-4-2-8-14-12(10)6-5-11(9)13-7-1/h1-4,7-8H,5-6H2. The number of nitrogens with zero attached hydrogens (tertiary/aromatic N) is 2. The van der Waals surface area contributed by atoms with Crippen LogP contribution >= 0.6 is 0 Å². The Morgan fingerprint density at radius 3 is 1.79 bits per heavy atom. The smallest absolute Gasteiger partial charge is 0.0486 e. The van der Waals surface area contributed by atoms with Crippen molar-refractivity contribution < 1.29 is 0 Å². The third kappa shape index (κ3) is 1.04. The molecule has 0 radical (unpaired) electrons. The van der Waals surface area contributed by atoms with Gasteiger partial charge in [0.1, 0.15) is 0 Å². The molecule has 0 saturated heterocycles. The third-order valence-electron chi connectivity index (χ3n) is 2.67. The topological polar surface area (TPSA) is 25.8 Å². The van der Waals surface area contributed by atoms with Gasteiger partial charge in [-0.2, -0.15) is 0 Å². The van der Waals surface area contributed by atoms with Gasteiger partial charge in [0.2, 0.25) is 0 Å². The molecule has 0 aliphatic heterocycles. The molecule has 0 spiro atoms. The molecule has 2 nitrogen and oxygen atoms in total. The summed E-state index contributed by atoms with van der Waals surface area (Å²) in [7, 11) is 0. The van der Waals surface area contributed by atoms with E-state index in [2.05, 4.69) is 22.1 Å². The lowest BCUT2D eigenvalue weighted by atomic mass is 9.92. The van der Waals surface area contributed by atoms with E-state index in [1.54, 1.807) is 0 Å². The van der Waals surface area contributed by atoms with Crippen molar-refractivity contribution in [2.45, 2.75) is 12.8 Å². The predicted molar refractivity (Wildman–Crippen MR) is 54.9 cm³/mol. The highest BCUT2D eigenvalue weighted by molar-refractivity contribution is 5.69. The first kappa shape index (κ1) is 7.68. The van der Waals surface area contributed by atoms with Crippen LogP contribution in [0.25, 0.3) is 11.1 Å². The van der Waals surface area contributed by atoms with Gasteiger partial charge in [0.05, 0.1) is 0 Å². The van der Waals surface area contributed by atoms with Crippen molar-refractivity contribution in [3.8, 4) is 11.1 Å². The van der Waals surface area contributed by atoms with Gasteiger partial charge in [0.25, 0.3) is 0 Å². The van der Waals surface area contributed by atoms with Gasteiger partial charge in [0, 0.05) is 34.9 Å². The van der Waals surface area contributed by atoms with Crippen molar-refractivity contribution in [3.05, 3.63) is 48.0 Å². The van der Waals surface area contributed by atoms with E-state index < -0.39 is 0 Å². The Morgan fingerprint density at radius 2 is 1.29 bits per heavy atom. The Hall–Kier alpha value is -1.70. The second kappa shape index (κ2) is 2.91. The zero-order chi connectivity index (χ0) is 9.38. The summed E-state index contributed by atoms with van der Waals surface area (Å²) in [5.41, 5.74) is 4.91. The summed E-state index contributed by atoms with van der Waals surface area (Å²) in [5.74, 6) is 0. The van der Waals surface area contributed by atoms with Crippen LogP contribution in [0, 0.1) is 0 Å². The first-order valence-corrected chi connectivity index (χ1v) is 4.83. The van der Waals surface area contributed by atoms with Crippen LogP contribution in [-0.4, -0.2) is 9.97 Å². The normalized spacial score (nSPS) is 13.1. The number of aromatic nitrogens is 2. The zero-order valence-corrected chi connectivity index (χ0v) is 7.77. The fourth-order valence-electron chi connectivity index (χ4n) is 2.00. The summed E-state index contributed by atoms with van der Waals surface area (Å²) in [4.78, 5) is 8.78. The SMILES string of the molecule is c1cnc2c(c1)-c1cccnc1CC2. The molecule has 0 fully saturated rings. The molecule has 68 valence electrons. The van der Waals surface area contributed by atoms with Gasteiger partial charge in [0.15, 0.2) is 0 Å². The molecule has 2 heteroatoms. The van der Waals surface area contributed by atoms with Gasteiger partial charge in [-0.1, -0.05) is 12.1 Å². The number of hydrogen-bond donors (Lipinski definition) is 0. The van der Waals surface area contributed by atoms with Gasteiger partial charge in [-0.15, -0.1) is 0 Å². The average Bonchev–Trinajstić information content (AvgIpc) is 2.29. The maximum atomic E-state index is 4.39. The molecule has 0 aromatic carbocycles. The molecular formula is C12H10N2. The minimum absolute atomic E-state index is 1.01. The fraction of sp³-hybridized carbons (Fsp3) is 0.167. The van der Waals surface area contributed by atoms with Crippen molar-refractivity contribution in [2.75, 3.05) is 0 Å². The van der Waals surface area contributed by atoms with E-state index in [9.17, 15) is 0 Å². The molecule has 0 saturated carbocycles. The minimum Gasteiger partial charge on any atom is -0.261 e. The van der Waals surface area contributed by atoms with E-state index >= 15 is 0 Å². The van der Waals surface area contributed by atoms with Crippen LogP contribution in [0.15, 0.2) is 36.7 Å². The molecule has 1 aliphatic rings. The Balaban J connectivity index is 2.29.